The molecule has 0 fully saturated rings. The molecule has 0 saturated carbocycles. The number of amides is 1. The molecule has 0 aliphatic carbocycles. The number of nitrogens with one attached hydrogen (secondary N) is 1. The average Bonchev–Trinajstić information content (AvgIpc) is 3.21. The standard InChI is InChI=1S/C22H24N2O4S/c1-14-5-7-15(8-6-14)22-24-16(13-29-22)9-10-23-21(25)17-11-19(27-3)20(28-4)12-18(17)26-2/h5-8,11-13H,9-10H2,1-4H3,(H,23,25). The lowest BCUT2D eigenvalue weighted by Gasteiger charge is -2.14. The highest BCUT2D eigenvalue weighted by atomic mass is 32.1. The molecule has 1 amide bonds. The van der Waals surface area contributed by atoms with Crippen LogP contribution in [0.4, 0.5) is 0 Å². The number of ether oxygens (including phenoxy) is 3. The molecule has 152 valence electrons. The van der Waals surface area contributed by atoms with Crippen LogP contribution >= 0.6 is 11.3 Å². The highest BCUT2D eigenvalue weighted by Gasteiger charge is 2.17. The average molecular weight is 413 g/mol. The van der Waals surface area contributed by atoms with E-state index in [9.17, 15) is 4.79 Å². The largest absolute Gasteiger partial charge is 0.496 e. The summed E-state index contributed by atoms with van der Waals surface area (Å²) in [6.07, 6.45) is 0.643. The maximum atomic E-state index is 12.6. The maximum absolute atomic E-state index is 12.6. The van der Waals surface area contributed by atoms with Crippen LogP contribution < -0.4 is 19.5 Å². The van der Waals surface area contributed by atoms with Crippen molar-refractivity contribution in [3.63, 3.8) is 0 Å². The van der Waals surface area contributed by atoms with Gasteiger partial charge in [0.1, 0.15) is 10.8 Å². The number of rotatable bonds is 8. The smallest absolute Gasteiger partial charge is 0.255 e. The normalized spacial score (nSPS) is 10.5. The lowest BCUT2D eigenvalue weighted by Crippen LogP contribution is -2.26. The summed E-state index contributed by atoms with van der Waals surface area (Å²) < 4.78 is 15.9. The van der Waals surface area contributed by atoms with Crippen LogP contribution in [0.1, 0.15) is 21.6 Å². The molecule has 3 aromatic rings. The second kappa shape index (κ2) is 9.43. The van der Waals surface area contributed by atoms with E-state index in [-0.39, 0.29) is 5.91 Å². The number of nitrogens with zero attached hydrogens (tertiary/aromatic N) is 1. The molecule has 0 aliphatic rings. The van der Waals surface area contributed by atoms with Gasteiger partial charge in [0.25, 0.3) is 5.91 Å². The van der Waals surface area contributed by atoms with Gasteiger partial charge in [-0.2, -0.15) is 0 Å². The first kappa shape index (κ1) is 20.7. The summed E-state index contributed by atoms with van der Waals surface area (Å²) in [6.45, 7) is 2.53. The van der Waals surface area contributed by atoms with Crippen LogP contribution in [-0.2, 0) is 6.42 Å². The molecule has 1 aromatic heterocycles. The quantitative estimate of drug-likeness (QED) is 0.603. The summed E-state index contributed by atoms with van der Waals surface area (Å²) >= 11 is 1.60. The minimum atomic E-state index is -0.239. The molecule has 3 rings (SSSR count). The van der Waals surface area contributed by atoms with E-state index in [4.69, 9.17) is 14.2 Å². The Morgan fingerprint density at radius 3 is 2.31 bits per heavy atom. The number of aryl methyl sites for hydroxylation is 1. The van der Waals surface area contributed by atoms with Crippen LogP contribution in [0.25, 0.3) is 10.6 Å². The van der Waals surface area contributed by atoms with Gasteiger partial charge in [0.05, 0.1) is 32.6 Å². The Morgan fingerprint density at radius 2 is 1.66 bits per heavy atom. The topological polar surface area (TPSA) is 69.7 Å². The van der Waals surface area contributed by atoms with E-state index in [0.717, 1.165) is 16.3 Å². The molecule has 1 heterocycles. The van der Waals surface area contributed by atoms with Gasteiger partial charge in [0.15, 0.2) is 11.5 Å². The van der Waals surface area contributed by atoms with E-state index >= 15 is 0 Å². The summed E-state index contributed by atoms with van der Waals surface area (Å²) in [4.78, 5) is 17.3. The van der Waals surface area contributed by atoms with Crippen LogP contribution in [0.15, 0.2) is 41.8 Å². The monoisotopic (exact) mass is 412 g/mol. The fraction of sp³-hybridized carbons (Fsp3) is 0.273. The van der Waals surface area contributed by atoms with Gasteiger partial charge >= 0.3 is 0 Å². The van der Waals surface area contributed by atoms with Gasteiger partial charge in [0.2, 0.25) is 0 Å². The number of hydrogen-bond acceptors (Lipinski definition) is 6. The van der Waals surface area contributed by atoms with Crippen LogP contribution in [0.3, 0.4) is 0 Å². The lowest BCUT2D eigenvalue weighted by molar-refractivity contribution is 0.0950. The van der Waals surface area contributed by atoms with Gasteiger partial charge in [-0.1, -0.05) is 29.8 Å². The van der Waals surface area contributed by atoms with Crippen molar-refractivity contribution in [1.29, 1.82) is 0 Å². The zero-order valence-electron chi connectivity index (χ0n) is 16.9. The third kappa shape index (κ3) is 4.86. The Labute approximate surface area is 174 Å². The molecule has 6 nitrogen and oxygen atoms in total. The molecule has 0 spiro atoms. The summed E-state index contributed by atoms with van der Waals surface area (Å²) in [6, 6.07) is 11.6. The van der Waals surface area contributed by atoms with Crippen molar-refractivity contribution < 1.29 is 19.0 Å². The van der Waals surface area contributed by atoms with Crippen molar-refractivity contribution in [3.8, 4) is 27.8 Å². The second-order valence-electron chi connectivity index (χ2n) is 6.42. The van der Waals surface area contributed by atoms with Crippen molar-refractivity contribution in [2.75, 3.05) is 27.9 Å². The summed E-state index contributed by atoms with van der Waals surface area (Å²) in [5.41, 5.74) is 3.67. The Balaban J connectivity index is 1.64. The first-order valence-corrected chi connectivity index (χ1v) is 10.0. The minimum Gasteiger partial charge on any atom is -0.496 e. The highest BCUT2D eigenvalue weighted by molar-refractivity contribution is 7.13. The molecule has 2 aromatic carbocycles. The number of hydrogen-bond donors (Lipinski definition) is 1. The van der Waals surface area contributed by atoms with Crippen LogP contribution in [-0.4, -0.2) is 38.8 Å². The Bertz CT molecular complexity index is 983. The Morgan fingerprint density at radius 1 is 1.00 bits per heavy atom. The summed E-state index contributed by atoms with van der Waals surface area (Å²) in [7, 11) is 4.58. The third-order valence-electron chi connectivity index (χ3n) is 4.47. The fourth-order valence-corrected chi connectivity index (χ4v) is 3.72. The highest BCUT2D eigenvalue weighted by Crippen LogP contribution is 2.34. The lowest BCUT2D eigenvalue weighted by atomic mass is 10.1. The number of carbonyl (C=O) groups is 1. The summed E-state index contributed by atoms with van der Waals surface area (Å²) in [5, 5.41) is 5.92. The number of aromatic nitrogens is 1. The van der Waals surface area contributed by atoms with Gasteiger partial charge in [-0.15, -0.1) is 11.3 Å². The van der Waals surface area contributed by atoms with E-state index in [2.05, 4.69) is 41.5 Å². The molecule has 0 aliphatic heterocycles. The van der Waals surface area contributed by atoms with Gasteiger partial charge in [-0.3, -0.25) is 4.79 Å². The number of benzene rings is 2. The van der Waals surface area contributed by atoms with Gasteiger partial charge in [-0.05, 0) is 6.92 Å². The SMILES string of the molecule is COc1cc(OC)c(C(=O)NCCc2csc(-c3ccc(C)cc3)n2)cc1OC. The van der Waals surface area contributed by atoms with E-state index in [1.54, 1.807) is 23.5 Å². The predicted molar refractivity (Wildman–Crippen MR) is 114 cm³/mol. The second-order valence-corrected chi connectivity index (χ2v) is 7.28. The number of carbonyl (C=O) groups excluding carboxylic acids is 1. The Hall–Kier alpha value is -3.06. The molecule has 0 atom stereocenters. The van der Waals surface area contributed by atoms with E-state index in [0.29, 0.717) is 35.8 Å². The molecule has 0 saturated heterocycles. The molecular weight excluding hydrogens is 388 g/mol. The molecule has 7 heteroatoms. The van der Waals surface area contributed by atoms with Crippen LogP contribution in [0.2, 0.25) is 0 Å². The first-order chi connectivity index (χ1) is 14.0. The van der Waals surface area contributed by atoms with Crippen molar-refractivity contribution in [3.05, 3.63) is 58.6 Å². The molecule has 0 radical (unpaired) electrons. The zero-order valence-corrected chi connectivity index (χ0v) is 17.8. The van der Waals surface area contributed by atoms with Crippen LogP contribution in [0, 0.1) is 6.92 Å². The van der Waals surface area contributed by atoms with Crippen molar-refractivity contribution in [1.82, 2.24) is 10.3 Å². The van der Waals surface area contributed by atoms with Crippen molar-refractivity contribution >= 4 is 17.2 Å². The maximum Gasteiger partial charge on any atom is 0.255 e. The third-order valence-corrected chi connectivity index (χ3v) is 5.41. The number of thiazole rings is 1. The molecule has 1 N–H and O–H groups in total. The summed E-state index contributed by atoms with van der Waals surface area (Å²) in [5.74, 6) is 1.17. The van der Waals surface area contributed by atoms with Crippen molar-refractivity contribution in [2.45, 2.75) is 13.3 Å². The Kier molecular flexibility index (Phi) is 6.72. The predicted octanol–water partition coefficient (Wildman–Crippen LogP) is 4.12. The van der Waals surface area contributed by atoms with Crippen LogP contribution in [0.5, 0.6) is 17.2 Å². The zero-order chi connectivity index (χ0) is 20.8. The minimum absolute atomic E-state index is 0.239. The first-order valence-electron chi connectivity index (χ1n) is 9.15. The molecule has 0 bridgehead atoms. The van der Waals surface area contributed by atoms with E-state index in [1.807, 2.05) is 5.38 Å². The molecular formula is C22H24N2O4S. The molecule has 29 heavy (non-hydrogen) atoms. The van der Waals surface area contributed by atoms with Gasteiger partial charge in [-0.25, -0.2) is 4.98 Å². The van der Waals surface area contributed by atoms with Crippen molar-refractivity contribution in [2.24, 2.45) is 0 Å². The van der Waals surface area contributed by atoms with E-state index < -0.39 is 0 Å². The van der Waals surface area contributed by atoms with Gasteiger partial charge < -0.3 is 19.5 Å². The van der Waals surface area contributed by atoms with Gasteiger partial charge in [0, 0.05) is 36.0 Å². The fourth-order valence-electron chi connectivity index (χ4n) is 2.86. The van der Waals surface area contributed by atoms with E-state index in [1.165, 1.54) is 26.9 Å². The number of methoxy groups -OCH3 is 3. The molecule has 0 unspecified atom stereocenters.